The Morgan fingerprint density at radius 2 is 1.26 bits per heavy atom. The Balaban J connectivity index is 1.83. The van der Waals surface area contributed by atoms with Crippen LogP contribution < -0.4 is 5.32 Å². The number of ketones is 1. The highest BCUT2D eigenvalue weighted by molar-refractivity contribution is 5.92. The molecule has 0 aliphatic rings. The van der Waals surface area contributed by atoms with E-state index < -0.39 is 77.1 Å². The zero-order chi connectivity index (χ0) is 28.0. The number of aromatic hydroxyl groups is 1. The first-order valence-corrected chi connectivity index (χ1v) is 11.3. The van der Waals surface area contributed by atoms with E-state index in [2.05, 4.69) is 5.32 Å². The van der Waals surface area contributed by atoms with Crippen LogP contribution >= 0.6 is 0 Å². The quantitative estimate of drug-likeness (QED) is 0.193. The molecular weight excluding hydrogens is 513 g/mol. The van der Waals surface area contributed by atoms with Crippen LogP contribution in [0, 0.1) is 35.0 Å². The molecule has 0 bridgehead atoms. The minimum Gasteiger partial charge on any atom is -0.508 e. The Hall–Kier alpha value is -4.28. The van der Waals surface area contributed by atoms with Gasteiger partial charge in [0.25, 0.3) is 0 Å². The van der Waals surface area contributed by atoms with Crippen molar-refractivity contribution in [2.45, 2.75) is 31.7 Å². The first-order valence-electron chi connectivity index (χ1n) is 11.3. The number of phenolic OH excluding ortho intramolecular Hbond substituents is 1. The average molecular weight is 535 g/mol. The highest BCUT2D eigenvalue weighted by Gasteiger charge is 2.30. The normalized spacial score (nSPS) is 12.6. The molecule has 3 aromatic carbocycles. The summed E-state index contributed by atoms with van der Waals surface area (Å²) in [6.45, 7) is 0. The number of carboxylic acids is 1. The maximum atomic E-state index is 14.1. The van der Waals surface area contributed by atoms with Crippen LogP contribution in [0.15, 0.2) is 54.6 Å². The standard InChI is InChI=1S/C27H22F5NO5/c28-22-18(23(29)25(31)26(32)24(22)30)13-21(36)33-19(11-15-6-8-17(34)9-7-15)20(35)12-16(27(37)38)10-14-4-2-1-3-5-14/h1-9,16,19,34H,10-13H2,(H,33,36)(H,37,38)/t16-,19+/m1/s1. The number of amides is 1. The largest absolute Gasteiger partial charge is 0.508 e. The average Bonchev–Trinajstić information content (AvgIpc) is 2.89. The highest BCUT2D eigenvalue weighted by Crippen LogP contribution is 2.24. The van der Waals surface area contributed by atoms with Gasteiger partial charge in [0, 0.05) is 12.0 Å². The Bertz CT molecular complexity index is 1300. The van der Waals surface area contributed by atoms with Crippen molar-refractivity contribution in [3.05, 3.63) is 100 Å². The number of rotatable bonds is 11. The van der Waals surface area contributed by atoms with E-state index in [-0.39, 0.29) is 18.6 Å². The molecule has 0 spiro atoms. The van der Waals surface area contributed by atoms with E-state index in [0.29, 0.717) is 11.1 Å². The molecule has 3 aromatic rings. The third kappa shape index (κ3) is 6.93. The lowest BCUT2D eigenvalue weighted by molar-refractivity contribution is -0.144. The molecule has 200 valence electrons. The van der Waals surface area contributed by atoms with E-state index in [1.807, 2.05) is 0 Å². The molecule has 0 heterocycles. The van der Waals surface area contributed by atoms with Gasteiger partial charge in [-0.2, -0.15) is 0 Å². The predicted molar refractivity (Wildman–Crippen MR) is 125 cm³/mol. The fourth-order valence-electron chi connectivity index (χ4n) is 3.86. The van der Waals surface area contributed by atoms with E-state index in [1.54, 1.807) is 30.3 Å². The lowest BCUT2D eigenvalue weighted by Crippen LogP contribution is -2.44. The zero-order valence-electron chi connectivity index (χ0n) is 19.7. The molecular formula is C27H22F5NO5. The van der Waals surface area contributed by atoms with Gasteiger partial charge in [-0.25, -0.2) is 22.0 Å². The van der Waals surface area contributed by atoms with Crippen LogP contribution in [0.4, 0.5) is 22.0 Å². The van der Waals surface area contributed by atoms with Gasteiger partial charge < -0.3 is 15.5 Å². The van der Waals surface area contributed by atoms with Crippen LogP contribution in [-0.2, 0) is 33.6 Å². The number of hydrogen-bond acceptors (Lipinski definition) is 4. The molecule has 0 saturated carbocycles. The summed E-state index contributed by atoms with van der Waals surface area (Å²) in [5.74, 6) is -15.6. The Morgan fingerprint density at radius 1 is 0.737 bits per heavy atom. The maximum Gasteiger partial charge on any atom is 0.307 e. The van der Waals surface area contributed by atoms with Crippen LogP contribution in [0.1, 0.15) is 23.1 Å². The Morgan fingerprint density at radius 3 is 1.82 bits per heavy atom. The first kappa shape index (κ1) is 28.3. The molecule has 0 saturated heterocycles. The van der Waals surface area contributed by atoms with E-state index in [9.17, 15) is 46.5 Å². The van der Waals surface area contributed by atoms with Gasteiger partial charge in [0.15, 0.2) is 29.1 Å². The van der Waals surface area contributed by atoms with Crippen molar-refractivity contribution in [1.29, 1.82) is 0 Å². The summed E-state index contributed by atoms with van der Waals surface area (Å²) in [7, 11) is 0. The predicted octanol–water partition coefficient (Wildman–Crippen LogP) is 4.26. The molecule has 0 aliphatic carbocycles. The number of hydrogen-bond donors (Lipinski definition) is 3. The lowest BCUT2D eigenvalue weighted by atomic mass is 9.90. The number of carbonyl (C=O) groups is 3. The van der Waals surface area contributed by atoms with Gasteiger partial charge in [0.05, 0.1) is 18.4 Å². The Kier molecular flexibility index (Phi) is 9.16. The van der Waals surface area contributed by atoms with Gasteiger partial charge in [-0.05, 0) is 36.1 Å². The van der Waals surface area contributed by atoms with Gasteiger partial charge in [0.1, 0.15) is 5.75 Å². The molecule has 0 radical (unpaired) electrons. The number of phenols is 1. The molecule has 3 N–H and O–H groups in total. The number of benzene rings is 3. The van der Waals surface area contributed by atoms with Crippen molar-refractivity contribution in [1.82, 2.24) is 5.32 Å². The van der Waals surface area contributed by atoms with Crippen LogP contribution in [0.2, 0.25) is 0 Å². The molecule has 1 amide bonds. The van der Waals surface area contributed by atoms with Crippen LogP contribution in [0.5, 0.6) is 5.75 Å². The summed E-state index contributed by atoms with van der Waals surface area (Å²) >= 11 is 0. The molecule has 3 rings (SSSR count). The molecule has 0 fully saturated rings. The van der Waals surface area contributed by atoms with Crippen LogP contribution in [0.25, 0.3) is 0 Å². The van der Waals surface area contributed by atoms with Crippen molar-refractivity contribution in [3.63, 3.8) is 0 Å². The fourth-order valence-corrected chi connectivity index (χ4v) is 3.86. The SMILES string of the molecule is O=C(Cc1c(F)c(F)c(F)c(F)c1F)N[C@@H](Cc1ccc(O)cc1)C(=O)C[C@@H](Cc1ccccc1)C(=O)O. The number of carboxylic acid groups (broad SMARTS) is 1. The monoisotopic (exact) mass is 535 g/mol. The smallest absolute Gasteiger partial charge is 0.307 e. The van der Waals surface area contributed by atoms with Crippen molar-refractivity contribution < 1.29 is 46.5 Å². The second-order valence-electron chi connectivity index (χ2n) is 8.61. The topological polar surface area (TPSA) is 104 Å². The van der Waals surface area contributed by atoms with E-state index in [0.717, 1.165) is 0 Å². The number of nitrogens with one attached hydrogen (secondary N) is 1. The molecule has 38 heavy (non-hydrogen) atoms. The number of Topliss-reactive ketones (excluding diaryl/α,β-unsaturated/α-hetero) is 1. The third-order valence-electron chi connectivity index (χ3n) is 5.86. The maximum absolute atomic E-state index is 14.1. The van der Waals surface area contributed by atoms with Gasteiger partial charge in [0.2, 0.25) is 11.7 Å². The number of aliphatic carboxylic acids is 1. The van der Waals surface area contributed by atoms with Crippen molar-refractivity contribution in [3.8, 4) is 5.75 Å². The molecule has 0 unspecified atom stereocenters. The highest BCUT2D eigenvalue weighted by atomic mass is 19.2. The molecule has 2 atom stereocenters. The van der Waals surface area contributed by atoms with Crippen LogP contribution in [0.3, 0.4) is 0 Å². The van der Waals surface area contributed by atoms with E-state index >= 15 is 0 Å². The van der Waals surface area contributed by atoms with E-state index in [1.165, 1.54) is 24.3 Å². The fraction of sp³-hybridized carbons (Fsp3) is 0.222. The minimum atomic E-state index is -2.37. The van der Waals surface area contributed by atoms with E-state index in [4.69, 9.17) is 0 Å². The third-order valence-corrected chi connectivity index (χ3v) is 5.86. The first-order chi connectivity index (χ1) is 18.0. The van der Waals surface area contributed by atoms with Crippen molar-refractivity contribution >= 4 is 17.7 Å². The Labute approximate surface area is 213 Å². The van der Waals surface area contributed by atoms with Crippen molar-refractivity contribution in [2.24, 2.45) is 5.92 Å². The summed E-state index contributed by atoms with van der Waals surface area (Å²) in [4.78, 5) is 37.6. The lowest BCUT2D eigenvalue weighted by Gasteiger charge is -2.21. The van der Waals surface area contributed by atoms with Crippen LogP contribution in [-0.4, -0.2) is 33.9 Å². The summed E-state index contributed by atoms with van der Waals surface area (Å²) in [6, 6.07) is 12.6. The van der Waals surface area contributed by atoms with Gasteiger partial charge in [-0.1, -0.05) is 42.5 Å². The molecule has 11 heteroatoms. The second-order valence-corrected chi connectivity index (χ2v) is 8.61. The summed E-state index contributed by atoms with van der Waals surface area (Å²) in [6.07, 6.45) is -1.97. The zero-order valence-corrected chi connectivity index (χ0v) is 19.7. The second kappa shape index (κ2) is 12.3. The minimum absolute atomic E-state index is 0.00629. The van der Waals surface area contributed by atoms with Gasteiger partial charge >= 0.3 is 5.97 Å². The number of carbonyl (C=O) groups excluding carboxylic acids is 2. The summed E-state index contributed by atoms with van der Waals surface area (Å²) in [5.41, 5.74) is -0.284. The van der Waals surface area contributed by atoms with Crippen molar-refractivity contribution in [2.75, 3.05) is 0 Å². The molecule has 6 nitrogen and oxygen atoms in total. The molecule has 0 aromatic heterocycles. The summed E-state index contributed by atoms with van der Waals surface area (Å²) in [5, 5.41) is 21.4. The summed E-state index contributed by atoms with van der Waals surface area (Å²) < 4.78 is 68.5. The molecule has 0 aliphatic heterocycles. The number of halogens is 5. The van der Waals surface area contributed by atoms with Gasteiger partial charge in [-0.15, -0.1) is 0 Å². The van der Waals surface area contributed by atoms with Gasteiger partial charge in [-0.3, -0.25) is 14.4 Å².